The molecule has 0 aliphatic carbocycles. The van der Waals surface area contributed by atoms with Crippen molar-refractivity contribution in [2.24, 2.45) is 11.3 Å². The van der Waals surface area contributed by atoms with E-state index in [0.717, 1.165) is 13.0 Å². The van der Waals surface area contributed by atoms with Crippen LogP contribution in [0, 0.1) is 11.3 Å². The maximum Gasteiger partial charge on any atom is 0.220 e. The molecule has 1 fully saturated rings. The number of carbonyl (C=O) groups excluding carboxylic acids is 1. The molecule has 0 aromatic heterocycles. The van der Waals surface area contributed by atoms with Gasteiger partial charge < -0.3 is 5.32 Å². The summed E-state index contributed by atoms with van der Waals surface area (Å²) in [5.74, 6) is 0.866. The Morgan fingerprint density at radius 2 is 2.09 bits per heavy atom. The molecule has 1 saturated heterocycles. The van der Waals surface area contributed by atoms with Crippen LogP contribution in [0.5, 0.6) is 0 Å². The highest BCUT2D eigenvalue weighted by Gasteiger charge is 2.28. The molecule has 0 aromatic carbocycles. The van der Waals surface area contributed by atoms with Gasteiger partial charge in [0.05, 0.1) is 0 Å². The van der Waals surface area contributed by atoms with E-state index in [2.05, 4.69) is 26.1 Å². The summed E-state index contributed by atoms with van der Waals surface area (Å²) in [6.07, 6.45) is 1.76. The van der Waals surface area contributed by atoms with Crippen molar-refractivity contribution in [3.05, 3.63) is 0 Å². The third-order valence-electron chi connectivity index (χ3n) is 2.49. The van der Waals surface area contributed by atoms with Gasteiger partial charge in [-0.15, -0.1) is 0 Å². The standard InChI is InChI=1S/C9H17NO/c1-9(2,3)7-4-5-8(11)10-6-7/h7H,4-6H2,1-3H3,(H,10,11)/t7-/m1/s1. The summed E-state index contributed by atoms with van der Waals surface area (Å²) >= 11 is 0. The summed E-state index contributed by atoms with van der Waals surface area (Å²) < 4.78 is 0. The SMILES string of the molecule is CC(C)(C)[C@@H]1CCC(=O)NC1. The van der Waals surface area contributed by atoms with E-state index in [1.54, 1.807) is 0 Å². The van der Waals surface area contributed by atoms with Crippen molar-refractivity contribution in [1.29, 1.82) is 0 Å². The number of carbonyl (C=O) groups is 1. The smallest absolute Gasteiger partial charge is 0.220 e. The Balaban J connectivity index is 2.45. The highest BCUT2D eigenvalue weighted by molar-refractivity contribution is 5.76. The van der Waals surface area contributed by atoms with Crippen LogP contribution < -0.4 is 5.32 Å². The van der Waals surface area contributed by atoms with Gasteiger partial charge in [-0.2, -0.15) is 0 Å². The van der Waals surface area contributed by atoms with Gasteiger partial charge in [-0.1, -0.05) is 20.8 Å². The molecule has 1 rings (SSSR count). The molecule has 0 saturated carbocycles. The van der Waals surface area contributed by atoms with Crippen LogP contribution in [0.15, 0.2) is 0 Å². The fourth-order valence-electron chi connectivity index (χ4n) is 1.47. The molecule has 1 N–H and O–H groups in total. The maximum atomic E-state index is 10.8. The van der Waals surface area contributed by atoms with Gasteiger partial charge in [0.25, 0.3) is 0 Å². The Labute approximate surface area is 68.4 Å². The van der Waals surface area contributed by atoms with E-state index in [0.29, 0.717) is 17.8 Å². The summed E-state index contributed by atoms with van der Waals surface area (Å²) in [5, 5.41) is 2.90. The minimum atomic E-state index is 0.213. The molecule has 0 bridgehead atoms. The van der Waals surface area contributed by atoms with Crippen LogP contribution in [0.4, 0.5) is 0 Å². The van der Waals surface area contributed by atoms with E-state index in [4.69, 9.17) is 0 Å². The van der Waals surface area contributed by atoms with Crippen molar-refractivity contribution < 1.29 is 4.79 Å². The molecular weight excluding hydrogens is 138 g/mol. The molecule has 64 valence electrons. The van der Waals surface area contributed by atoms with Crippen LogP contribution in [0.3, 0.4) is 0 Å². The third kappa shape index (κ3) is 2.21. The van der Waals surface area contributed by atoms with E-state index < -0.39 is 0 Å². The average Bonchev–Trinajstić information content (AvgIpc) is 1.86. The van der Waals surface area contributed by atoms with E-state index in [1.807, 2.05) is 0 Å². The summed E-state index contributed by atoms with van der Waals surface area (Å²) in [5.41, 5.74) is 0.341. The maximum absolute atomic E-state index is 10.8. The molecule has 0 unspecified atom stereocenters. The van der Waals surface area contributed by atoms with Crippen LogP contribution in [0.1, 0.15) is 33.6 Å². The van der Waals surface area contributed by atoms with Gasteiger partial charge in [0.1, 0.15) is 0 Å². The molecule has 1 aliphatic heterocycles. The molecule has 1 atom stereocenters. The first-order valence-electron chi connectivity index (χ1n) is 4.27. The fraction of sp³-hybridized carbons (Fsp3) is 0.889. The molecule has 2 nitrogen and oxygen atoms in total. The number of nitrogens with one attached hydrogen (secondary N) is 1. The lowest BCUT2D eigenvalue weighted by atomic mass is 9.77. The first-order chi connectivity index (χ1) is 5.00. The zero-order chi connectivity index (χ0) is 8.48. The van der Waals surface area contributed by atoms with E-state index in [9.17, 15) is 4.79 Å². The summed E-state index contributed by atoms with van der Waals surface area (Å²) in [6, 6.07) is 0. The Hall–Kier alpha value is -0.530. The predicted octanol–water partition coefficient (Wildman–Crippen LogP) is 1.56. The van der Waals surface area contributed by atoms with E-state index in [1.165, 1.54) is 0 Å². The number of piperidine rings is 1. The average molecular weight is 155 g/mol. The first kappa shape index (κ1) is 8.57. The largest absolute Gasteiger partial charge is 0.356 e. The van der Waals surface area contributed by atoms with Gasteiger partial charge in [-0.25, -0.2) is 0 Å². The van der Waals surface area contributed by atoms with Crippen LogP contribution in [0.2, 0.25) is 0 Å². The van der Waals surface area contributed by atoms with Gasteiger partial charge in [0.15, 0.2) is 0 Å². The Bertz CT molecular complexity index is 147. The van der Waals surface area contributed by atoms with Crippen molar-refractivity contribution in [3.8, 4) is 0 Å². The minimum absolute atomic E-state index is 0.213. The van der Waals surface area contributed by atoms with Gasteiger partial charge in [0.2, 0.25) is 5.91 Å². The topological polar surface area (TPSA) is 29.1 Å². The Morgan fingerprint density at radius 1 is 1.45 bits per heavy atom. The van der Waals surface area contributed by atoms with Crippen LogP contribution in [0.25, 0.3) is 0 Å². The van der Waals surface area contributed by atoms with Crippen LogP contribution >= 0.6 is 0 Å². The van der Waals surface area contributed by atoms with Crippen molar-refractivity contribution in [3.63, 3.8) is 0 Å². The molecule has 2 heteroatoms. The van der Waals surface area contributed by atoms with Gasteiger partial charge >= 0.3 is 0 Å². The highest BCUT2D eigenvalue weighted by atomic mass is 16.1. The molecule has 0 spiro atoms. The summed E-state index contributed by atoms with van der Waals surface area (Å²) in [4.78, 5) is 10.8. The molecular formula is C9H17NO. The second kappa shape index (κ2) is 2.84. The van der Waals surface area contributed by atoms with Gasteiger partial charge in [-0.3, -0.25) is 4.79 Å². The first-order valence-corrected chi connectivity index (χ1v) is 4.27. The van der Waals surface area contributed by atoms with E-state index >= 15 is 0 Å². The Kier molecular flexibility index (Phi) is 2.21. The third-order valence-corrected chi connectivity index (χ3v) is 2.49. The normalized spacial score (nSPS) is 26.5. The predicted molar refractivity (Wildman–Crippen MR) is 45.2 cm³/mol. The van der Waals surface area contributed by atoms with Gasteiger partial charge in [-0.05, 0) is 17.8 Å². The molecule has 0 aromatic rings. The highest BCUT2D eigenvalue weighted by Crippen LogP contribution is 2.30. The van der Waals surface area contributed by atoms with Crippen molar-refractivity contribution in [2.45, 2.75) is 33.6 Å². The molecule has 1 heterocycles. The van der Waals surface area contributed by atoms with Crippen molar-refractivity contribution in [1.82, 2.24) is 5.32 Å². The monoisotopic (exact) mass is 155 g/mol. The number of hydrogen-bond acceptors (Lipinski definition) is 1. The number of rotatable bonds is 0. The second-order valence-electron chi connectivity index (χ2n) is 4.41. The molecule has 1 aliphatic rings. The molecule has 11 heavy (non-hydrogen) atoms. The summed E-state index contributed by atoms with van der Waals surface area (Å²) in [7, 11) is 0. The molecule has 0 radical (unpaired) electrons. The lowest BCUT2D eigenvalue weighted by Crippen LogP contribution is -2.40. The second-order valence-corrected chi connectivity index (χ2v) is 4.41. The minimum Gasteiger partial charge on any atom is -0.356 e. The quantitative estimate of drug-likeness (QED) is 0.565. The number of amides is 1. The number of hydrogen-bond donors (Lipinski definition) is 1. The van der Waals surface area contributed by atoms with E-state index in [-0.39, 0.29) is 5.91 Å². The van der Waals surface area contributed by atoms with Crippen molar-refractivity contribution in [2.75, 3.05) is 6.54 Å². The Morgan fingerprint density at radius 3 is 2.45 bits per heavy atom. The zero-order valence-electron chi connectivity index (χ0n) is 7.61. The lowest BCUT2D eigenvalue weighted by molar-refractivity contribution is -0.123. The fourth-order valence-corrected chi connectivity index (χ4v) is 1.47. The molecule has 1 amide bonds. The van der Waals surface area contributed by atoms with Gasteiger partial charge in [0, 0.05) is 13.0 Å². The zero-order valence-corrected chi connectivity index (χ0v) is 7.61. The summed E-state index contributed by atoms with van der Waals surface area (Å²) in [6.45, 7) is 7.56. The van der Waals surface area contributed by atoms with Crippen LogP contribution in [-0.2, 0) is 4.79 Å². The van der Waals surface area contributed by atoms with Crippen LogP contribution in [-0.4, -0.2) is 12.5 Å². The van der Waals surface area contributed by atoms with Crippen molar-refractivity contribution >= 4 is 5.91 Å². The lowest BCUT2D eigenvalue weighted by Gasteiger charge is -2.33.